The van der Waals surface area contributed by atoms with E-state index < -0.39 is 11.1 Å². The van der Waals surface area contributed by atoms with Gasteiger partial charge in [0.15, 0.2) is 0 Å². The molecular formula is C29H42N5O3+. The molecule has 0 atom stereocenters. The fourth-order valence-electron chi connectivity index (χ4n) is 5.38. The van der Waals surface area contributed by atoms with E-state index in [1.807, 2.05) is 63.8 Å². The Bertz CT molecular complexity index is 1280. The normalized spacial score (nSPS) is 19.8. The molecule has 0 bridgehead atoms. The first kappa shape index (κ1) is 26.8. The van der Waals surface area contributed by atoms with E-state index in [0.29, 0.717) is 30.9 Å². The highest BCUT2D eigenvalue weighted by molar-refractivity contribution is 6.10. The first-order valence-corrected chi connectivity index (χ1v) is 13.1. The van der Waals surface area contributed by atoms with Gasteiger partial charge in [-0.25, -0.2) is 4.79 Å². The fourth-order valence-corrected chi connectivity index (χ4v) is 5.38. The van der Waals surface area contributed by atoms with E-state index in [4.69, 9.17) is 15.9 Å². The molecule has 5 N–H and O–H groups in total. The Balaban J connectivity index is 1.50. The van der Waals surface area contributed by atoms with Crippen molar-refractivity contribution in [3.8, 4) is 0 Å². The van der Waals surface area contributed by atoms with Crippen LogP contribution in [0.15, 0.2) is 35.5 Å². The molecule has 1 aliphatic carbocycles. The number of H-pyrrole nitrogens is 1. The average molecular weight is 509 g/mol. The van der Waals surface area contributed by atoms with Crippen LogP contribution in [0.4, 0.5) is 4.79 Å². The molecule has 0 unspecified atom stereocenters. The monoisotopic (exact) mass is 508 g/mol. The number of hydrogen-bond donors (Lipinski definition) is 3. The van der Waals surface area contributed by atoms with Crippen LogP contribution in [-0.4, -0.2) is 63.3 Å². The van der Waals surface area contributed by atoms with Crippen LogP contribution in [0, 0.1) is 5.41 Å². The lowest BCUT2D eigenvalue weighted by Crippen LogP contribution is -2.62. The van der Waals surface area contributed by atoms with Crippen molar-refractivity contribution < 1.29 is 19.7 Å². The maximum Gasteiger partial charge on any atom is 0.410 e. The van der Waals surface area contributed by atoms with Gasteiger partial charge >= 0.3 is 6.09 Å². The Morgan fingerprint density at radius 1 is 1.11 bits per heavy atom. The van der Waals surface area contributed by atoms with Gasteiger partial charge in [0.05, 0.1) is 5.54 Å². The molecule has 1 aromatic carbocycles. The predicted octanol–water partition coefficient (Wildman–Crippen LogP) is 3.61. The third-order valence-electron chi connectivity index (χ3n) is 7.40. The van der Waals surface area contributed by atoms with Gasteiger partial charge in [-0.05, 0) is 77.5 Å². The molecule has 2 aliphatic rings. The zero-order valence-electron chi connectivity index (χ0n) is 23.3. The summed E-state index contributed by atoms with van der Waals surface area (Å²) >= 11 is 0. The number of allylic oxidation sites excluding steroid dienone is 2. The topological polar surface area (TPSA) is 117 Å². The number of piperazine rings is 1. The summed E-state index contributed by atoms with van der Waals surface area (Å²) in [5.74, 6) is -0.0617. The quantitative estimate of drug-likeness (QED) is 0.549. The lowest BCUT2D eigenvalue weighted by Gasteiger charge is -2.47. The number of hydrogen-bond acceptors (Lipinski definition) is 4. The largest absolute Gasteiger partial charge is 0.444 e. The summed E-state index contributed by atoms with van der Waals surface area (Å²) in [4.78, 5) is 33.1. The first-order valence-electron chi connectivity index (χ1n) is 13.1. The number of rotatable bonds is 3. The van der Waals surface area contributed by atoms with Crippen LogP contribution in [0.1, 0.15) is 83.8 Å². The fraction of sp³-hybridized carbons (Fsp3) is 0.552. The lowest BCUT2D eigenvalue weighted by atomic mass is 9.75. The minimum Gasteiger partial charge on any atom is -0.444 e. The summed E-state index contributed by atoms with van der Waals surface area (Å²) < 4.78 is 5.58. The van der Waals surface area contributed by atoms with Gasteiger partial charge in [-0.1, -0.05) is 19.9 Å². The van der Waals surface area contributed by atoms with Crippen molar-refractivity contribution in [3.05, 3.63) is 46.8 Å². The first-order chi connectivity index (χ1) is 17.1. The van der Waals surface area contributed by atoms with Crippen LogP contribution in [0.5, 0.6) is 0 Å². The zero-order valence-corrected chi connectivity index (χ0v) is 23.3. The van der Waals surface area contributed by atoms with Gasteiger partial charge in [-0.2, -0.15) is 0 Å². The van der Waals surface area contributed by atoms with Gasteiger partial charge in [-0.3, -0.25) is 15.1 Å². The van der Waals surface area contributed by atoms with E-state index in [1.165, 1.54) is 0 Å². The highest BCUT2D eigenvalue weighted by Crippen LogP contribution is 2.37. The molecular weight excluding hydrogens is 466 g/mol. The van der Waals surface area contributed by atoms with Crippen LogP contribution in [0.25, 0.3) is 10.9 Å². The minimum absolute atomic E-state index is 0.0617. The number of aromatic nitrogens is 1. The molecule has 2 amide bonds. The number of fused-ring (bicyclic) bond motifs is 1. The van der Waals surface area contributed by atoms with Gasteiger partial charge in [0.2, 0.25) is 5.71 Å². The van der Waals surface area contributed by atoms with Gasteiger partial charge in [-0.15, -0.1) is 0 Å². The molecule has 1 aliphatic heterocycles. The second-order valence-electron chi connectivity index (χ2n) is 12.9. The van der Waals surface area contributed by atoms with Crippen LogP contribution in [0.3, 0.4) is 0 Å². The van der Waals surface area contributed by atoms with Crippen molar-refractivity contribution in [1.82, 2.24) is 14.8 Å². The number of nitrogens with two attached hydrogens (primary N) is 2. The molecule has 1 fully saturated rings. The van der Waals surface area contributed by atoms with Crippen LogP contribution < -0.4 is 11.1 Å². The summed E-state index contributed by atoms with van der Waals surface area (Å²) in [5.41, 5.74) is 10.3. The van der Waals surface area contributed by atoms with E-state index in [1.54, 1.807) is 4.90 Å². The van der Waals surface area contributed by atoms with E-state index in [0.717, 1.165) is 47.1 Å². The third-order valence-corrected chi connectivity index (χ3v) is 7.40. The molecule has 8 nitrogen and oxygen atoms in total. The Hall–Kier alpha value is -3.29. The van der Waals surface area contributed by atoms with Gasteiger partial charge in [0.1, 0.15) is 11.3 Å². The van der Waals surface area contributed by atoms with E-state index >= 15 is 0 Å². The molecule has 1 aromatic heterocycles. The maximum absolute atomic E-state index is 13.5. The second-order valence-corrected chi connectivity index (χ2v) is 12.9. The number of carbonyl (C=O) groups excluding carboxylic acids is 2. The highest BCUT2D eigenvalue weighted by atomic mass is 16.6. The van der Waals surface area contributed by atoms with Crippen LogP contribution in [-0.2, 0) is 4.74 Å². The van der Waals surface area contributed by atoms with Crippen LogP contribution >= 0.6 is 0 Å². The summed E-state index contributed by atoms with van der Waals surface area (Å²) in [7, 11) is 0. The molecule has 0 spiro atoms. The van der Waals surface area contributed by atoms with Crippen molar-refractivity contribution in [2.75, 3.05) is 19.6 Å². The maximum atomic E-state index is 13.5. The summed E-state index contributed by atoms with van der Waals surface area (Å²) in [6.07, 6.45) is 2.38. The van der Waals surface area contributed by atoms with E-state index in [9.17, 15) is 9.59 Å². The number of nitrogens with one attached hydrogen (secondary N) is 1. The van der Waals surface area contributed by atoms with Crippen molar-refractivity contribution in [3.63, 3.8) is 0 Å². The van der Waals surface area contributed by atoms with Gasteiger partial charge in [0, 0.05) is 47.4 Å². The minimum atomic E-state index is -0.568. The summed E-state index contributed by atoms with van der Waals surface area (Å²) in [5, 5.41) is 7.55. The molecule has 8 heteroatoms. The number of amides is 2. The Morgan fingerprint density at radius 3 is 2.43 bits per heavy atom. The van der Waals surface area contributed by atoms with Crippen molar-refractivity contribution in [2.45, 2.75) is 78.9 Å². The van der Waals surface area contributed by atoms with E-state index in [2.05, 4.69) is 18.8 Å². The molecule has 4 rings (SSSR count). The zero-order chi connectivity index (χ0) is 27.3. The standard InChI is InChI=1S/C29H41N5O3/c1-27(2,3)37-26(36)34-13-12-33(17-29(34,6)7)25(35)19-9-8-18-14-23(32-22(18)15-19)24(31)20-10-11-28(4,5)16-21(20)30/h8-9,14-15,31-32H,10-13,16-17,30H2,1-7H3/p+1. The van der Waals surface area contributed by atoms with Crippen molar-refractivity contribution in [2.24, 2.45) is 11.1 Å². The SMILES string of the molecule is CC1(C)CCC(C(=[NH2+])c2cc3ccc(C(=O)N4CCN(C(=O)OC(C)(C)C)C(C)(C)C4)cc3[nH]2)=C(N)C1. The number of ether oxygens (including phenoxy) is 1. The van der Waals surface area contributed by atoms with Gasteiger partial charge in [0.25, 0.3) is 5.91 Å². The van der Waals surface area contributed by atoms with Crippen molar-refractivity contribution in [1.29, 1.82) is 0 Å². The Labute approximate surface area is 219 Å². The average Bonchev–Trinajstić information content (AvgIpc) is 3.19. The summed E-state index contributed by atoms with van der Waals surface area (Å²) in [6, 6.07) is 7.69. The molecule has 0 saturated carbocycles. The third kappa shape index (κ3) is 5.68. The number of aromatic amines is 1. The molecule has 37 heavy (non-hydrogen) atoms. The number of nitrogens with zero attached hydrogens (tertiary/aromatic N) is 2. The predicted molar refractivity (Wildman–Crippen MR) is 146 cm³/mol. The van der Waals surface area contributed by atoms with Gasteiger partial charge < -0.3 is 20.4 Å². The number of carbonyl (C=O) groups is 2. The van der Waals surface area contributed by atoms with Crippen molar-refractivity contribution >= 4 is 28.6 Å². The Morgan fingerprint density at radius 2 is 1.81 bits per heavy atom. The molecule has 0 radical (unpaired) electrons. The molecule has 2 heterocycles. The smallest absolute Gasteiger partial charge is 0.410 e. The lowest BCUT2D eigenvalue weighted by molar-refractivity contribution is -0.112. The Kier molecular flexibility index (Phi) is 6.67. The molecule has 200 valence electrons. The number of benzene rings is 1. The highest BCUT2D eigenvalue weighted by Gasteiger charge is 2.40. The van der Waals surface area contributed by atoms with Crippen LogP contribution in [0.2, 0.25) is 0 Å². The summed E-state index contributed by atoms with van der Waals surface area (Å²) in [6.45, 7) is 15.2. The molecule has 1 saturated heterocycles. The van der Waals surface area contributed by atoms with E-state index in [-0.39, 0.29) is 17.4 Å². The second kappa shape index (κ2) is 9.23. The molecule has 2 aromatic rings.